The van der Waals surface area contributed by atoms with Crippen molar-refractivity contribution in [3.63, 3.8) is 0 Å². The Morgan fingerprint density at radius 1 is 0.633 bits per heavy atom. The Morgan fingerprint density at radius 2 is 1.10 bits per heavy atom. The van der Waals surface area contributed by atoms with Gasteiger partial charge in [-0.2, -0.15) is 0 Å². The monoisotopic (exact) mass is 399 g/mol. The van der Waals surface area contributed by atoms with Gasteiger partial charge in [0.05, 0.1) is 19.8 Å². The van der Waals surface area contributed by atoms with E-state index in [4.69, 9.17) is 9.47 Å². The summed E-state index contributed by atoms with van der Waals surface area (Å²) < 4.78 is 10.5. The van der Waals surface area contributed by atoms with Crippen LogP contribution < -0.4 is 9.47 Å². The molecule has 0 atom stereocenters. The number of hydrogen-bond acceptors (Lipinski definition) is 6. The summed E-state index contributed by atoms with van der Waals surface area (Å²) in [5.74, 6) is 3.08. The molecule has 3 aromatic carbocycles. The summed E-state index contributed by atoms with van der Waals surface area (Å²) in [7, 11) is 3.25. The Labute approximate surface area is 174 Å². The third kappa shape index (κ3) is 3.80. The zero-order valence-corrected chi connectivity index (χ0v) is 17.0. The highest BCUT2D eigenvalue weighted by Crippen LogP contribution is 2.32. The largest absolute Gasteiger partial charge is 0.507 e. The maximum absolute atomic E-state index is 10.6. The summed E-state index contributed by atoms with van der Waals surface area (Å²) in [6.45, 7) is 1.84. The number of methoxy groups -OCH3 is 2. The van der Waals surface area contributed by atoms with Crippen molar-refractivity contribution >= 4 is 0 Å². The third-order valence-corrected chi connectivity index (χ3v) is 4.81. The van der Waals surface area contributed by atoms with Crippen LogP contribution in [-0.2, 0) is 0 Å². The minimum absolute atomic E-state index is 0.157. The van der Waals surface area contributed by atoms with Crippen molar-refractivity contribution in [1.29, 1.82) is 0 Å². The van der Waals surface area contributed by atoms with Gasteiger partial charge in [0.15, 0.2) is 17.5 Å². The molecule has 6 heteroatoms. The van der Waals surface area contributed by atoms with Crippen LogP contribution in [0, 0.1) is 6.92 Å². The van der Waals surface area contributed by atoms with E-state index in [9.17, 15) is 5.11 Å². The number of phenolic OH excluding ortho intramolecular Hbond substituents is 1. The lowest BCUT2D eigenvalue weighted by molar-refractivity contribution is 0.415. The molecule has 0 radical (unpaired) electrons. The second kappa shape index (κ2) is 8.21. The van der Waals surface area contributed by atoms with Gasteiger partial charge in [-0.25, -0.2) is 15.0 Å². The van der Waals surface area contributed by atoms with Crippen LogP contribution in [0.3, 0.4) is 0 Å². The standard InChI is InChI=1S/C24H21N3O3/c1-15-5-4-6-20(21(15)28)24-26-22(16-7-11-18(29-2)12-8-16)25-23(27-24)17-9-13-19(30-3)14-10-17/h4-14,28H,1-3H3. The average Bonchev–Trinajstić information content (AvgIpc) is 2.80. The first-order chi connectivity index (χ1) is 14.6. The predicted molar refractivity (Wildman–Crippen MR) is 116 cm³/mol. The van der Waals surface area contributed by atoms with Gasteiger partial charge in [-0.3, -0.25) is 0 Å². The summed E-state index contributed by atoms with van der Waals surface area (Å²) >= 11 is 0. The van der Waals surface area contributed by atoms with Gasteiger partial charge in [-0.1, -0.05) is 12.1 Å². The summed E-state index contributed by atoms with van der Waals surface area (Å²) in [4.78, 5) is 14.0. The number of aromatic hydroxyl groups is 1. The van der Waals surface area contributed by atoms with Gasteiger partial charge in [0, 0.05) is 11.1 Å². The van der Waals surface area contributed by atoms with Crippen LogP contribution >= 0.6 is 0 Å². The first-order valence-corrected chi connectivity index (χ1v) is 9.43. The SMILES string of the molecule is COc1ccc(-c2nc(-c3ccc(OC)cc3)nc(-c3cccc(C)c3O)n2)cc1. The number of ether oxygens (including phenoxy) is 2. The van der Waals surface area contributed by atoms with E-state index in [1.54, 1.807) is 20.3 Å². The van der Waals surface area contributed by atoms with E-state index in [1.165, 1.54) is 0 Å². The Bertz CT molecular complexity index is 1110. The van der Waals surface area contributed by atoms with Crippen LogP contribution in [0.15, 0.2) is 66.7 Å². The van der Waals surface area contributed by atoms with Gasteiger partial charge < -0.3 is 14.6 Å². The molecule has 1 heterocycles. The number of aromatic nitrogens is 3. The molecule has 4 rings (SSSR count). The molecular weight excluding hydrogens is 378 g/mol. The average molecular weight is 399 g/mol. The molecule has 30 heavy (non-hydrogen) atoms. The second-order valence-corrected chi connectivity index (χ2v) is 6.73. The van der Waals surface area contributed by atoms with Crippen molar-refractivity contribution in [2.75, 3.05) is 14.2 Å². The van der Waals surface area contributed by atoms with Crippen LogP contribution in [-0.4, -0.2) is 34.3 Å². The maximum Gasteiger partial charge on any atom is 0.167 e. The van der Waals surface area contributed by atoms with Crippen LogP contribution in [0.1, 0.15) is 5.56 Å². The Hall–Kier alpha value is -3.93. The molecule has 0 unspecified atom stereocenters. The molecule has 0 bridgehead atoms. The molecule has 0 amide bonds. The molecular formula is C24H21N3O3. The van der Waals surface area contributed by atoms with Crippen molar-refractivity contribution in [2.24, 2.45) is 0 Å². The summed E-state index contributed by atoms with van der Waals surface area (Å²) in [6.07, 6.45) is 0. The normalized spacial score (nSPS) is 10.6. The highest BCUT2D eigenvalue weighted by atomic mass is 16.5. The minimum Gasteiger partial charge on any atom is -0.507 e. The van der Waals surface area contributed by atoms with E-state index in [2.05, 4.69) is 15.0 Å². The van der Waals surface area contributed by atoms with Crippen LogP contribution in [0.2, 0.25) is 0 Å². The topological polar surface area (TPSA) is 77.4 Å². The first kappa shape index (κ1) is 19.4. The van der Waals surface area contributed by atoms with Gasteiger partial charge in [0.25, 0.3) is 0 Å². The Kier molecular flexibility index (Phi) is 5.30. The molecule has 0 saturated carbocycles. The van der Waals surface area contributed by atoms with Crippen molar-refractivity contribution < 1.29 is 14.6 Å². The first-order valence-electron chi connectivity index (χ1n) is 9.43. The maximum atomic E-state index is 10.6. The van der Waals surface area contributed by atoms with E-state index in [-0.39, 0.29) is 5.75 Å². The number of para-hydroxylation sites is 1. The summed E-state index contributed by atoms with van der Waals surface area (Å²) in [6, 6.07) is 20.5. The van der Waals surface area contributed by atoms with Crippen molar-refractivity contribution in [1.82, 2.24) is 15.0 Å². The molecule has 150 valence electrons. The van der Waals surface area contributed by atoms with Crippen LogP contribution in [0.25, 0.3) is 34.2 Å². The molecule has 4 aromatic rings. The summed E-state index contributed by atoms with van der Waals surface area (Å²) in [5, 5.41) is 10.6. The fourth-order valence-electron chi connectivity index (χ4n) is 3.07. The van der Waals surface area contributed by atoms with Gasteiger partial charge >= 0.3 is 0 Å². The third-order valence-electron chi connectivity index (χ3n) is 4.81. The van der Waals surface area contributed by atoms with Gasteiger partial charge in [-0.05, 0) is 67.1 Å². The lowest BCUT2D eigenvalue weighted by atomic mass is 10.1. The fourth-order valence-corrected chi connectivity index (χ4v) is 3.07. The van der Waals surface area contributed by atoms with E-state index in [1.807, 2.05) is 67.6 Å². The number of aryl methyl sites for hydroxylation is 1. The molecule has 0 saturated heterocycles. The number of phenols is 1. The van der Waals surface area contributed by atoms with E-state index < -0.39 is 0 Å². The molecule has 0 aliphatic carbocycles. The van der Waals surface area contributed by atoms with Crippen LogP contribution in [0.5, 0.6) is 17.2 Å². The zero-order valence-electron chi connectivity index (χ0n) is 17.0. The Balaban J connectivity index is 1.89. The quantitative estimate of drug-likeness (QED) is 0.514. The fraction of sp³-hybridized carbons (Fsp3) is 0.125. The van der Waals surface area contributed by atoms with Crippen molar-refractivity contribution in [3.05, 3.63) is 72.3 Å². The van der Waals surface area contributed by atoms with Crippen molar-refractivity contribution in [3.8, 4) is 51.4 Å². The molecule has 0 spiro atoms. The second-order valence-electron chi connectivity index (χ2n) is 6.73. The van der Waals surface area contributed by atoms with Crippen molar-refractivity contribution in [2.45, 2.75) is 6.92 Å². The number of nitrogens with zero attached hydrogens (tertiary/aromatic N) is 3. The molecule has 0 aliphatic rings. The number of benzene rings is 3. The van der Waals surface area contributed by atoms with Gasteiger partial charge in [0.2, 0.25) is 0 Å². The van der Waals surface area contributed by atoms with Gasteiger partial charge in [-0.15, -0.1) is 0 Å². The Morgan fingerprint density at radius 3 is 1.57 bits per heavy atom. The molecule has 0 aliphatic heterocycles. The zero-order chi connectivity index (χ0) is 21.1. The van der Waals surface area contributed by atoms with Crippen LogP contribution in [0.4, 0.5) is 0 Å². The number of rotatable bonds is 5. The highest BCUT2D eigenvalue weighted by Gasteiger charge is 2.15. The highest BCUT2D eigenvalue weighted by molar-refractivity contribution is 5.71. The molecule has 0 fully saturated rings. The summed E-state index contributed by atoms with van der Waals surface area (Å²) in [5.41, 5.74) is 2.95. The van der Waals surface area contributed by atoms with E-state index >= 15 is 0 Å². The minimum atomic E-state index is 0.157. The predicted octanol–water partition coefficient (Wildman–Crippen LogP) is 4.90. The number of hydrogen-bond donors (Lipinski definition) is 1. The smallest absolute Gasteiger partial charge is 0.167 e. The lowest BCUT2D eigenvalue weighted by Gasteiger charge is -2.11. The van der Waals surface area contributed by atoms with E-state index in [0.29, 0.717) is 23.0 Å². The lowest BCUT2D eigenvalue weighted by Crippen LogP contribution is -2.00. The van der Waals surface area contributed by atoms with Gasteiger partial charge in [0.1, 0.15) is 17.2 Å². The molecule has 1 aromatic heterocycles. The van der Waals surface area contributed by atoms with E-state index in [0.717, 1.165) is 28.2 Å². The molecule has 6 nitrogen and oxygen atoms in total. The molecule has 1 N–H and O–H groups in total.